The first-order valence-corrected chi connectivity index (χ1v) is 8.72. The van der Waals surface area contributed by atoms with E-state index in [4.69, 9.17) is 5.73 Å². The number of nitrogens with one attached hydrogen (secondary N) is 1. The average Bonchev–Trinajstić information content (AvgIpc) is 2.56. The molecule has 4 heteroatoms. The third kappa shape index (κ3) is 15.0. The van der Waals surface area contributed by atoms with Crippen LogP contribution in [0.3, 0.4) is 0 Å². The fourth-order valence-corrected chi connectivity index (χ4v) is 1.84. The molecule has 0 aliphatic rings. The monoisotopic (exact) mass is 306 g/mol. The molecule has 0 aromatic heterocycles. The van der Waals surface area contributed by atoms with Gasteiger partial charge in [0.05, 0.1) is 12.2 Å². The van der Waals surface area contributed by atoms with E-state index in [2.05, 4.69) is 29.6 Å². The second-order valence-corrected chi connectivity index (χ2v) is 5.35. The van der Waals surface area contributed by atoms with Crippen LogP contribution < -0.4 is 11.2 Å². The van der Waals surface area contributed by atoms with Crippen LogP contribution >= 0.6 is 0 Å². The Balaban J connectivity index is 0.000000534. The molecular weight excluding hydrogens is 272 g/mol. The Labute approximate surface area is 136 Å². The molecule has 3 N–H and O–H groups in total. The minimum Gasteiger partial charge on any atom is -0.330 e. The number of anilines is 1. The molecule has 0 radical (unpaired) electrons. The number of rotatable bonds is 11. The van der Waals surface area contributed by atoms with Gasteiger partial charge in [-0.1, -0.05) is 75.8 Å². The summed E-state index contributed by atoms with van der Waals surface area (Å²) in [7, 11) is 0. The zero-order chi connectivity index (χ0) is 16.3. The number of hydrogen-bond donors (Lipinski definition) is 2. The lowest BCUT2D eigenvalue weighted by molar-refractivity contribution is 0.664. The number of nitrogens with two attached hydrogens (primary N) is 1. The van der Waals surface area contributed by atoms with Gasteiger partial charge in [0.25, 0.3) is 0 Å². The maximum Gasteiger partial charge on any atom is 0.0620 e. The van der Waals surface area contributed by atoms with Crippen molar-refractivity contribution in [3.8, 4) is 0 Å². The molecule has 126 valence electrons. The average molecular weight is 306 g/mol. The predicted molar refractivity (Wildman–Crippen MR) is 97.1 cm³/mol. The highest BCUT2D eigenvalue weighted by molar-refractivity contribution is 5.41. The van der Waals surface area contributed by atoms with Gasteiger partial charge in [-0.3, -0.25) is 5.43 Å². The van der Waals surface area contributed by atoms with Crippen LogP contribution in [0.4, 0.5) is 5.69 Å². The van der Waals surface area contributed by atoms with Crippen molar-refractivity contribution in [2.75, 3.05) is 18.5 Å². The van der Waals surface area contributed by atoms with E-state index >= 15 is 0 Å². The van der Waals surface area contributed by atoms with Gasteiger partial charge in [0, 0.05) is 0 Å². The van der Waals surface area contributed by atoms with Crippen molar-refractivity contribution in [1.29, 1.82) is 0 Å². The molecule has 4 nitrogen and oxygen atoms in total. The van der Waals surface area contributed by atoms with Gasteiger partial charge < -0.3 is 5.73 Å². The van der Waals surface area contributed by atoms with E-state index in [9.17, 15) is 0 Å². The van der Waals surface area contributed by atoms with Crippen LogP contribution in [0.5, 0.6) is 0 Å². The largest absolute Gasteiger partial charge is 0.330 e. The highest BCUT2D eigenvalue weighted by Crippen LogP contribution is 2.04. The van der Waals surface area contributed by atoms with Gasteiger partial charge in [-0.15, -0.1) is 0 Å². The Morgan fingerprint density at radius 2 is 1.50 bits per heavy atom. The van der Waals surface area contributed by atoms with E-state index in [1.165, 1.54) is 44.9 Å². The Hall–Kier alpha value is -1.42. The summed E-state index contributed by atoms with van der Waals surface area (Å²) >= 11 is 0. The van der Waals surface area contributed by atoms with Gasteiger partial charge in [0.1, 0.15) is 0 Å². The summed E-state index contributed by atoms with van der Waals surface area (Å²) < 4.78 is 0. The van der Waals surface area contributed by atoms with Crippen molar-refractivity contribution < 1.29 is 0 Å². The molecule has 0 unspecified atom stereocenters. The standard InChI is InChI=1S/C12H19N3.C6H15N/c1-2-3-4-8-11-13-15-14-12-9-6-5-7-10-12;1-2-3-4-5-6-7/h5-7,9-10H,2-4,8,11H2,1H3,(H,13,14);2-7H2,1H3. The highest BCUT2D eigenvalue weighted by atomic mass is 15.4. The number of para-hydroxylation sites is 1. The first kappa shape index (κ1) is 20.6. The zero-order valence-corrected chi connectivity index (χ0v) is 14.4. The van der Waals surface area contributed by atoms with Crippen LogP contribution in [0.2, 0.25) is 0 Å². The third-order valence-electron chi connectivity index (χ3n) is 3.19. The molecule has 0 fully saturated rings. The molecule has 0 bridgehead atoms. The Kier molecular flexibility index (Phi) is 16.5. The lowest BCUT2D eigenvalue weighted by Gasteiger charge is -1.97. The second-order valence-electron chi connectivity index (χ2n) is 5.35. The lowest BCUT2D eigenvalue weighted by Crippen LogP contribution is -1.97. The van der Waals surface area contributed by atoms with Crippen LogP contribution in [0.1, 0.15) is 65.2 Å². The minimum atomic E-state index is 0.819. The molecular formula is C18H34N4. The SMILES string of the molecule is CCCCCCN.CCCCCCN=NNc1ccccc1. The molecule has 0 amide bonds. The third-order valence-corrected chi connectivity index (χ3v) is 3.19. The summed E-state index contributed by atoms with van der Waals surface area (Å²) in [4.78, 5) is 0. The molecule has 1 aromatic rings. The zero-order valence-electron chi connectivity index (χ0n) is 14.4. The molecule has 22 heavy (non-hydrogen) atoms. The van der Waals surface area contributed by atoms with E-state index in [1.807, 2.05) is 30.3 Å². The van der Waals surface area contributed by atoms with E-state index in [1.54, 1.807) is 0 Å². The van der Waals surface area contributed by atoms with E-state index in [-0.39, 0.29) is 0 Å². The summed E-state index contributed by atoms with van der Waals surface area (Å²) in [5, 5.41) is 7.97. The summed E-state index contributed by atoms with van der Waals surface area (Å²) in [6.07, 6.45) is 10.1. The fourth-order valence-electron chi connectivity index (χ4n) is 1.84. The molecule has 0 spiro atoms. The van der Waals surface area contributed by atoms with Crippen molar-refractivity contribution in [2.24, 2.45) is 16.1 Å². The molecule has 0 saturated carbocycles. The van der Waals surface area contributed by atoms with E-state index in [0.29, 0.717) is 0 Å². The molecule has 0 atom stereocenters. The van der Waals surface area contributed by atoms with Crippen molar-refractivity contribution in [1.82, 2.24) is 0 Å². The van der Waals surface area contributed by atoms with Crippen LogP contribution in [0.15, 0.2) is 40.7 Å². The molecule has 0 heterocycles. The summed E-state index contributed by atoms with van der Waals surface area (Å²) in [5.74, 6) is 0. The number of benzene rings is 1. The Morgan fingerprint density at radius 1 is 0.864 bits per heavy atom. The van der Waals surface area contributed by atoms with Crippen LogP contribution in [0, 0.1) is 0 Å². The van der Waals surface area contributed by atoms with Crippen LogP contribution in [0.25, 0.3) is 0 Å². The van der Waals surface area contributed by atoms with Gasteiger partial charge in [0.2, 0.25) is 0 Å². The molecule has 1 aromatic carbocycles. The second kappa shape index (κ2) is 17.6. The number of hydrogen-bond acceptors (Lipinski definition) is 3. The van der Waals surface area contributed by atoms with Gasteiger partial charge in [0.15, 0.2) is 0 Å². The topological polar surface area (TPSA) is 62.8 Å². The van der Waals surface area contributed by atoms with E-state index < -0.39 is 0 Å². The summed E-state index contributed by atoms with van der Waals surface area (Å²) in [5.41, 5.74) is 9.14. The fraction of sp³-hybridized carbons (Fsp3) is 0.667. The maximum atomic E-state index is 5.27. The normalized spacial score (nSPS) is 10.3. The van der Waals surface area contributed by atoms with E-state index in [0.717, 1.165) is 25.2 Å². The van der Waals surface area contributed by atoms with Gasteiger partial charge in [-0.05, 0) is 31.5 Å². The van der Waals surface area contributed by atoms with Gasteiger partial charge in [-0.2, -0.15) is 5.11 Å². The van der Waals surface area contributed by atoms with Crippen LogP contribution in [-0.4, -0.2) is 13.1 Å². The van der Waals surface area contributed by atoms with Crippen molar-refractivity contribution in [3.63, 3.8) is 0 Å². The number of unbranched alkanes of at least 4 members (excludes halogenated alkanes) is 6. The highest BCUT2D eigenvalue weighted by Gasteiger charge is 1.86. The molecule has 0 aliphatic heterocycles. The number of nitrogens with zero attached hydrogens (tertiary/aromatic N) is 2. The van der Waals surface area contributed by atoms with Gasteiger partial charge in [-0.25, -0.2) is 0 Å². The Morgan fingerprint density at radius 3 is 2.09 bits per heavy atom. The lowest BCUT2D eigenvalue weighted by atomic mass is 10.2. The quantitative estimate of drug-likeness (QED) is 0.319. The van der Waals surface area contributed by atoms with Crippen LogP contribution in [-0.2, 0) is 0 Å². The van der Waals surface area contributed by atoms with Crippen molar-refractivity contribution >= 4 is 5.69 Å². The smallest absolute Gasteiger partial charge is 0.0620 e. The molecule has 0 aliphatic carbocycles. The summed E-state index contributed by atoms with van der Waals surface area (Å²) in [6, 6.07) is 9.86. The van der Waals surface area contributed by atoms with Crippen molar-refractivity contribution in [3.05, 3.63) is 30.3 Å². The minimum absolute atomic E-state index is 0.819. The predicted octanol–water partition coefficient (Wildman–Crippen LogP) is 5.57. The van der Waals surface area contributed by atoms with Gasteiger partial charge >= 0.3 is 0 Å². The Bertz CT molecular complexity index is 334. The molecule has 1 rings (SSSR count). The first-order valence-electron chi connectivity index (χ1n) is 8.72. The van der Waals surface area contributed by atoms with Crippen molar-refractivity contribution in [2.45, 2.75) is 65.2 Å². The summed E-state index contributed by atoms with van der Waals surface area (Å²) in [6.45, 7) is 6.09. The molecule has 0 saturated heterocycles. The first-order chi connectivity index (χ1) is 10.8. The maximum absolute atomic E-state index is 5.27.